The minimum absolute atomic E-state index is 0.124. The zero-order valence-corrected chi connectivity index (χ0v) is 19.5. The number of pyridine rings is 1. The van der Waals surface area contributed by atoms with Crippen LogP contribution in [0.3, 0.4) is 0 Å². The van der Waals surface area contributed by atoms with E-state index in [1.54, 1.807) is 0 Å². The highest BCUT2D eigenvalue weighted by Gasteiger charge is 2.32. The normalized spacial score (nSPS) is 17.7. The molecule has 1 saturated heterocycles. The van der Waals surface area contributed by atoms with Gasteiger partial charge in [-0.05, 0) is 55.2 Å². The lowest BCUT2D eigenvalue weighted by atomic mass is 10.0. The molecule has 32 heavy (non-hydrogen) atoms. The Morgan fingerprint density at radius 2 is 1.84 bits per heavy atom. The van der Waals surface area contributed by atoms with Crippen LogP contribution in [0.15, 0.2) is 18.2 Å². The zero-order chi connectivity index (χ0) is 22.8. The average molecular weight is 440 g/mol. The summed E-state index contributed by atoms with van der Waals surface area (Å²) in [5.41, 5.74) is 6.46. The first-order valence-electron chi connectivity index (χ1n) is 11.4. The van der Waals surface area contributed by atoms with Gasteiger partial charge in [-0.1, -0.05) is 6.07 Å². The van der Waals surface area contributed by atoms with Crippen LogP contribution in [0.2, 0.25) is 0 Å². The lowest BCUT2D eigenvalue weighted by Crippen LogP contribution is -2.39. The van der Waals surface area contributed by atoms with Gasteiger partial charge in [0.25, 0.3) is 5.91 Å². The number of ether oxygens (including phenoxy) is 2. The summed E-state index contributed by atoms with van der Waals surface area (Å²) >= 11 is 0. The zero-order valence-electron chi connectivity index (χ0n) is 19.5. The Hall–Kier alpha value is -2.64. The van der Waals surface area contributed by atoms with E-state index in [-0.39, 0.29) is 12.0 Å². The molecule has 2 aromatic rings. The number of piperidine rings is 1. The highest BCUT2D eigenvalue weighted by atomic mass is 16.5. The van der Waals surface area contributed by atoms with Crippen molar-refractivity contribution >= 4 is 11.7 Å². The van der Waals surface area contributed by atoms with Crippen LogP contribution in [0.1, 0.15) is 58.1 Å². The average Bonchev–Trinajstić information content (AvgIpc) is 3.42. The monoisotopic (exact) mass is 439 g/mol. The van der Waals surface area contributed by atoms with Gasteiger partial charge in [0.2, 0.25) is 0 Å². The van der Waals surface area contributed by atoms with Crippen molar-refractivity contribution in [3.63, 3.8) is 0 Å². The van der Waals surface area contributed by atoms with Gasteiger partial charge in [-0.25, -0.2) is 4.98 Å². The van der Waals surface area contributed by atoms with Gasteiger partial charge in [0.05, 0.1) is 31.0 Å². The van der Waals surface area contributed by atoms with Crippen LogP contribution in [0.5, 0.6) is 5.75 Å². The van der Waals surface area contributed by atoms with Gasteiger partial charge in [-0.15, -0.1) is 0 Å². The number of carbonyl (C=O) groups is 1. The van der Waals surface area contributed by atoms with E-state index in [0.717, 1.165) is 73.5 Å². The third-order valence-electron chi connectivity index (χ3n) is 6.76. The molecule has 0 unspecified atom stereocenters. The van der Waals surface area contributed by atoms with Gasteiger partial charge < -0.3 is 24.4 Å². The maximum absolute atomic E-state index is 12.6. The lowest BCUT2D eigenvalue weighted by molar-refractivity contribution is 0.0786. The van der Waals surface area contributed by atoms with Crippen LogP contribution in [0, 0.1) is 13.8 Å². The Kier molecular flexibility index (Phi) is 6.67. The standard InChI is InChI=1S/C24H29N3O3.CH4O/c1-4-26-12-21-22(24(26)28)15(2)16(3)23(25-21)27-9-7-19(8-10-27)30-20-6-5-17-13-29-14-18(17)11-20;1-2/h5-6,11,19H,4,7-10,12-14H2,1-3H3;2H,1H3. The lowest BCUT2D eigenvalue weighted by Gasteiger charge is -2.34. The molecule has 1 aromatic carbocycles. The maximum Gasteiger partial charge on any atom is 0.256 e. The summed E-state index contributed by atoms with van der Waals surface area (Å²) in [6, 6.07) is 6.31. The predicted octanol–water partition coefficient (Wildman–Crippen LogP) is 3.36. The Balaban J connectivity index is 0.00000119. The number of rotatable bonds is 4. The number of hydrogen-bond donors (Lipinski definition) is 1. The highest BCUT2D eigenvalue weighted by Crippen LogP contribution is 2.33. The molecule has 4 heterocycles. The number of fused-ring (bicyclic) bond motifs is 2. The molecular weight excluding hydrogens is 406 g/mol. The SMILES string of the molecule is CCN1Cc2nc(N3CCC(Oc4ccc5c(c4)COC5)CC3)c(C)c(C)c2C1=O.CO. The molecule has 5 rings (SSSR count). The first kappa shape index (κ1) is 22.6. The van der Waals surface area contributed by atoms with Gasteiger partial charge in [0.1, 0.15) is 17.7 Å². The molecule has 172 valence electrons. The molecule has 0 spiro atoms. The summed E-state index contributed by atoms with van der Waals surface area (Å²) in [7, 11) is 1.00. The molecule has 3 aliphatic rings. The number of anilines is 1. The van der Waals surface area contributed by atoms with E-state index in [1.165, 1.54) is 11.1 Å². The molecule has 1 fully saturated rings. The second kappa shape index (κ2) is 9.46. The Bertz CT molecular complexity index is 999. The minimum Gasteiger partial charge on any atom is -0.490 e. The van der Waals surface area contributed by atoms with Gasteiger partial charge in [0, 0.05) is 39.6 Å². The largest absolute Gasteiger partial charge is 0.490 e. The number of nitrogens with zero attached hydrogens (tertiary/aromatic N) is 3. The minimum atomic E-state index is 0.124. The van der Waals surface area contributed by atoms with Crippen molar-refractivity contribution in [2.45, 2.75) is 59.5 Å². The van der Waals surface area contributed by atoms with Crippen LogP contribution in [-0.4, -0.2) is 53.7 Å². The third kappa shape index (κ3) is 4.07. The molecule has 1 amide bonds. The summed E-state index contributed by atoms with van der Waals surface area (Å²) in [6.45, 7) is 10.7. The van der Waals surface area contributed by atoms with Gasteiger partial charge >= 0.3 is 0 Å². The van der Waals surface area contributed by atoms with E-state index in [4.69, 9.17) is 19.6 Å². The number of hydrogen-bond acceptors (Lipinski definition) is 6. The van der Waals surface area contributed by atoms with Crippen molar-refractivity contribution in [3.8, 4) is 5.75 Å². The van der Waals surface area contributed by atoms with E-state index < -0.39 is 0 Å². The number of carbonyl (C=O) groups excluding carboxylic acids is 1. The molecule has 0 radical (unpaired) electrons. The van der Waals surface area contributed by atoms with Crippen LogP contribution in [0.25, 0.3) is 0 Å². The molecule has 1 N–H and O–H groups in total. The van der Waals surface area contributed by atoms with Gasteiger partial charge in [-0.3, -0.25) is 4.79 Å². The smallest absolute Gasteiger partial charge is 0.256 e. The Morgan fingerprint density at radius 1 is 1.12 bits per heavy atom. The van der Waals surface area contributed by atoms with Crippen molar-refractivity contribution in [1.82, 2.24) is 9.88 Å². The molecule has 7 heteroatoms. The first-order chi connectivity index (χ1) is 15.5. The van der Waals surface area contributed by atoms with Crippen molar-refractivity contribution in [2.24, 2.45) is 0 Å². The van der Waals surface area contributed by atoms with Crippen LogP contribution < -0.4 is 9.64 Å². The molecule has 0 atom stereocenters. The number of aliphatic hydroxyl groups excluding tert-OH is 1. The molecule has 0 saturated carbocycles. The number of amides is 1. The fraction of sp³-hybridized carbons (Fsp3) is 0.520. The Morgan fingerprint density at radius 3 is 2.56 bits per heavy atom. The van der Waals surface area contributed by atoms with Crippen molar-refractivity contribution in [3.05, 3.63) is 51.7 Å². The fourth-order valence-electron chi connectivity index (χ4n) is 4.81. The van der Waals surface area contributed by atoms with Crippen LogP contribution in [0.4, 0.5) is 5.82 Å². The highest BCUT2D eigenvalue weighted by molar-refractivity contribution is 6.00. The van der Waals surface area contributed by atoms with E-state index in [1.807, 2.05) is 11.8 Å². The summed E-state index contributed by atoms with van der Waals surface area (Å²) in [4.78, 5) is 21.8. The molecule has 0 bridgehead atoms. The van der Waals surface area contributed by atoms with Gasteiger partial charge in [-0.2, -0.15) is 0 Å². The summed E-state index contributed by atoms with van der Waals surface area (Å²) in [5, 5.41) is 7.00. The van der Waals surface area contributed by atoms with Crippen molar-refractivity contribution in [2.75, 3.05) is 31.6 Å². The van der Waals surface area contributed by atoms with Crippen molar-refractivity contribution in [1.29, 1.82) is 0 Å². The molecule has 7 nitrogen and oxygen atoms in total. The topological polar surface area (TPSA) is 75.1 Å². The number of benzene rings is 1. The molecule has 3 aliphatic heterocycles. The summed E-state index contributed by atoms with van der Waals surface area (Å²) in [6.07, 6.45) is 2.14. The molecular formula is C25H33N3O4. The summed E-state index contributed by atoms with van der Waals surface area (Å²) < 4.78 is 11.8. The van der Waals surface area contributed by atoms with E-state index in [0.29, 0.717) is 19.8 Å². The molecule has 1 aromatic heterocycles. The quantitative estimate of drug-likeness (QED) is 0.787. The van der Waals surface area contributed by atoms with Crippen molar-refractivity contribution < 1.29 is 19.4 Å². The second-order valence-electron chi connectivity index (χ2n) is 8.55. The maximum atomic E-state index is 12.6. The van der Waals surface area contributed by atoms with E-state index in [2.05, 4.69) is 36.9 Å². The van der Waals surface area contributed by atoms with E-state index >= 15 is 0 Å². The molecule has 0 aliphatic carbocycles. The van der Waals surface area contributed by atoms with Crippen LogP contribution in [-0.2, 0) is 24.5 Å². The van der Waals surface area contributed by atoms with Gasteiger partial charge in [0.15, 0.2) is 0 Å². The second-order valence-corrected chi connectivity index (χ2v) is 8.55. The third-order valence-corrected chi connectivity index (χ3v) is 6.76. The number of aliphatic hydroxyl groups is 1. The number of aromatic nitrogens is 1. The first-order valence-corrected chi connectivity index (χ1v) is 11.4. The summed E-state index contributed by atoms with van der Waals surface area (Å²) in [5.74, 6) is 2.10. The predicted molar refractivity (Wildman–Crippen MR) is 123 cm³/mol. The Labute approximate surface area is 190 Å². The van der Waals surface area contributed by atoms with E-state index in [9.17, 15) is 4.79 Å². The van der Waals surface area contributed by atoms with Crippen LogP contribution >= 0.6 is 0 Å². The fourth-order valence-corrected chi connectivity index (χ4v) is 4.81.